The molecule has 2 rings (SSSR count). The van der Waals surface area contributed by atoms with Crippen LogP contribution in [-0.2, 0) is 0 Å². The second-order valence-electron chi connectivity index (χ2n) is 4.60. The van der Waals surface area contributed by atoms with E-state index < -0.39 is 0 Å². The van der Waals surface area contributed by atoms with Gasteiger partial charge in [-0.25, -0.2) is 9.98 Å². The molecule has 1 saturated carbocycles. The largest absolute Gasteiger partial charge is 0.493 e. The Bertz CT molecular complexity index is 439. The Morgan fingerprint density at radius 2 is 2.29 bits per heavy atom. The van der Waals surface area contributed by atoms with Crippen molar-refractivity contribution in [3.8, 4) is 5.88 Å². The molecule has 0 saturated heterocycles. The summed E-state index contributed by atoms with van der Waals surface area (Å²) in [5, 5.41) is 9.78. The molecule has 1 heterocycles. The van der Waals surface area contributed by atoms with Crippen molar-refractivity contribution in [3.63, 3.8) is 0 Å². The van der Waals surface area contributed by atoms with Crippen molar-refractivity contribution in [2.45, 2.75) is 32.6 Å². The summed E-state index contributed by atoms with van der Waals surface area (Å²) in [4.78, 5) is 10.6. The molecule has 0 spiro atoms. The van der Waals surface area contributed by atoms with Gasteiger partial charge in [0.1, 0.15) is 0 Å². The van der Waals surface area contributed by atoms with Gasteiger partial charge in [0.2, 0.25) is 5.88 Å². The Balaban J connectivity index is 2.26. The summed E-state index contributed by atoms with van der Waals surface area (Å²) >= 11 is 0. The number of hydrogen-bond donors (Lipinski definition) is 1. The van der Waals surface area contributed by atoms with Crippen LogP contribution in [0.1, 0.15) is 36.9 Å². The van der Waals surface area contributed by atoms with Gasteiger partial charge in [-0.15, -0.1) is 0 Å². The predicted molar refractivity (Wildman–Crippen MR) is 69.1 cm³/mol. The lowest BCUT2D eigenvalue weighted by Crippen LogP contribution is -2.14. The van der Waals surface area contributed by atoms with Crippen LogP contribution in [0.4, 0.5) is 5.69 Å². The van der Waals surface area contributed by atoms with Gasteiger partial charge in [0.15, 0.2) is 0 Å². The van der Waals surface area contributed by atoms with E-state index in [-0.39, 0.29) is 5.88 Å². The van der Waals surface area contributed by atoms with E-state index in [4.69, 9.17) is 0 Å². The van der Waals surface area contributed by atoms with Crippen molar-refractivity contribution in [1.82, 2.24) is 9.88 Å². The van der Waals surface area contributed by atoms with Crippen LogP contribution in [0.15, 0.2) is 11.1 Å². The Labute approximate surface area is 102 Å². The summed E-state index contributed by atoms with van der Waals surface area (Å²) in [5.74, 6) is 0.661. The standard InChI is InChI=1S/C13H19N3O/c1-4-16(3)8-14-12-7-11(10-5-6-10)13(17)15-9(12)2/h7-8,10H,4-6H2,1-3H3,(H,15,17)/b14-8+. The number of nitrogens with zero attached hydrogens (tertiary/aromatic N) is 3. The minimum Gasteiger partial charge on any atom is -0.493 e. The molecule has 92 valence electrons. The molecular formula is C13H19N3O. The minimum atomic E-state index is 0.174. The molecule has 0 aliphatic heterocycles. The molecule has 4 nitrogen and oxygen atoms in total. The molecule has 0 aromatic carbocycles. The van der Waals surface area contributed by atoms with Crippen LogP contribution < -0.4 is 0 Å². The number of aromatic nitrogens is 1. The summed E-state index contributed by atoms with van der Waals surface area (Å²) in [7, 11) is 1.98. The van der Waals surface area contributed by atoms with Gasteiger partial charge in [0.25, 0.3) is 0 Å². The first-order chi connectivity index (χ1) is 8.11. The number of aryl methyl sites for hydroxylation is 1. The van der Waals surface area contributed by atoms with Crippen LogP contribution in [0.25, 0.3) is 0 Å². The van der Waals surface area contributed by atoms with Crippen molar-refractivity contribution in [2.24, 2.45) is 4.99 Å². The molecule has 4 heteroatoms. The lowest BCUT2D eigenvalue weighted by Gasteiger charge is -2.10. The molecule has 0 amide bonds. The fourth-order valence-corrected chi connectivity index (χ4v) is 1.66. The third-order valence-electron chi connectivity index (χ3n) is 3.10. The highest BCUT2D eigenvalue weighted by molar-refractivity contribution is 5.63. The second kappa shape index (κ2) is 4.73. The first-order valence-corrected chi connectivity index (χ1v) is 6.06. The number of pyridine rings is 1. The Morgan fingerprint density at radius 1 is 1.59 bits per heavy atom. The normalized spacial score (nSPS) is 15.5. The lowest BCUT2D eigenvalue weighted by atomic mass is 10.1. The average Bonchev–Trinajstić information content (AvgIpc) is 3.11. The monoisotopic (exact) mass is 233 g/mol. The molecular weight excluding hydrogens is 214 g/mol. The van der Waals surface area contributed by atoms with Gasteiger partial charge >= 0.3 is 0 Å². The van der Waals surface area contributed by atoms with Gasteiger partial charge in [-0.2, -0.15) is 0 Å². The van der Waals surface area contributed by atoms with Crippen molar-refractivity contribution in [3.05, 3.63) is 17.3 Å². The van der Waals surface area contributed by atoms with E-state index in [2.05, 4.69) is 16.9 Å². The number of aromatic hydroxyl groups is 1. The maximum atomic E-state index is 9.78. The van der Waals surface area contributed by atoms with Gasteiger partial charge in [-0.1, -0.05) is 0 Å². The summed E-state index contributed by atoms with van der Waals surface area (Å²) in [6, 6.07) is 1.97. The third kappa shape index (κ3) is 2.75. The number of hydrogen-bond acceptors (Lipinski definition) is 3. The van der Waals surface area contributed by atoms with Crippen LogP contribution in [0.5, 0.6) is 5.88 Å². The van der Waals surface area contributed by atoms with E-state index in [0.717, 1.165) is 36.3 Å². The van der Waals surface area contributed by atoms with E-state index in [9.17, 15) is 5.11 Å². The van der Waals surface area contributed by atoms with Crippen LogP contribution in [-0.4, -0.2) is 34.9 Å². The van der Waals surface area contributed by atoms with Crippen LogP contribution in [0.3, 0.4) is 0 Å². The lowest BCUT2D eigenvalue weighted by molar-refractivity contribution is 0.445. The van der Waals surface area contributed by atoms with Gasteiger partial charge in [-0.05, 0) is 38.7 Å². The van der Waals surface area contributed by atoms with Crippen molar-refractivity contribution in [1.29, 1.82) is 0 Å². The van der Waals surface area contributed by atoms with Gasteiger partial charge in [0.05, 0.1) is 17.7 Å². The first-order valence-electron chi connectivity index (χ1n) is 6.06. The topological polar surface area (TPSA) is 48.7 Å². The zero-order valence-electron chi connectivity index (χ0n) is 10.6. The summed E-state index contributed by atoms with van der Waals surface area (Å²) in [6.45, 7) is 4.86. The number of rotatable bonds is 4. The summed E-state index contributed by atoms with van der Waals surface area (Å²) < 4.78 is 0. The summed E-state index contributed by atoms with van der Waals surface area (Å²) in [5.41, 5.74) is 2.57. The van der Waals surface area contributed by atoms with E-state index in [1.54, 1.807) is 6.34 Å². The van der Waals surface area contributed by atoms with Crippen molar-refractivity contribution < 1.29 is 5.11 Å². The first kappa shape index (κ1) is 11.9. The third-order valence-corrected chi connectivity index (χ3v) is 3.10. The van der Waals surface area contributed by atoms with Crippen LogP contribution in [0.2, 0.25) is 0 Å². The number of aliphatic imine (C=N–C) groups is 1. The summed E-state index contributed by atoms with van der Waals surface area (Å²) in [6.07, 6.45) is 4.10. The average molecular weight is 233 g/mol. The fourth-order valence-electron chi connectivity index (χ4n) is 1.66. The highest BCUT2D eigenvalue weighted by atomic mass is 16.3. The molecule has 1 fully saturated rings. The SMILES string of the molecule is CCN(C)/C=N/c1cc(C2CC2)c(O)nc1C. The maximum absolute atomic E-state index is 9.78. The van der Waals surface area contributed by atoms with E-state index in [0.29, 0.717) is 5.92 Å². The maximum Gasteiger partial charge on any atom is 0.214 e. The van der Waals surface area contributed by atoms with Gasteiger partial charge in [0, 0.05) is 19.2 Å². The molecule has 17 heavy (non-hydrogen) atoms. The van der Waals surface area contributed by atoms with E-state index >= 15 is 0 Å². The quantitative estimate of drug-likeness (QED) is 0.642. The molecule has 0 unspecified atom stereocenters. The highest BCUT2D eigenvalue weighted by Crippen LogP contribution is 2.44. The van der Waals surface area contributed by atoms with Gasteiger partial charge < -0.3 is 10.0 Å². The van der Waals surface area contributed by atoms with Crippen LogP contribution in [0, 0.1) is 6.92 Å². The molecule has 1 aliphatic carbocycles. The Hall–Kier alpha value is -1.58. The molecule has 1 aromatic rings. The van der Waals surface area contributed by atoms with E-state index in [1.807, 2.05) is 24.9 Å². The molecule has 1 aliphatic rings. The molecule has 1 aromatic heterocycles. The molecule has 0 radical (unpaired) electrons. The molecule has 1 N–H and O–H groups in total. The minimum absolute atomic E-state index is 0.174. The highest BCUT2D eigenvalue weighted by Gasteiger charge is 2.27. The van der Waals surface area contributed by atoms with Gasteiger partial charge in [-0.3, -0.25) is 0 Å². The Kier molecular flexibility index (Phi) is 3.31. The predicted octanol–water partition coefficient (Wildman–Crippen LogP) is 2.58. The van der Waals surface area contributed by atoms with Crippen LogP contribution >= 0.6 is 0 Å². The molecule has 0 atom stereocenters. The molecule has 0 bridgehead atoms. The zero-order valence-corrected chi connectivity index (χ0v) is 10.6. The van der Waals surface area contributed by atoms with E-state index in [1.165, 1.54) is 0 Å². The van der Waals surface area contributed by atoms with Crippen molar-refractivity contribution in [2.75, 3.05) is 13.6 Å². The van der Waals surface area contributed by atoms with Crippen molar-refractivity contribution >= 4 is 12.0 Å². The zero-order chi connectivity index (χ0) is 12.4. The fraction of sp³-hybridized carbons (Fsp3) is 0.538. The smallest absolute Gasteiger partial charge is 0.214 e. The second-order valence-corrected chi connectivity index (χ2v) is 4.60. The Morgan fingerprint density at radius 3 is 2.88 bits per heavy atom.